The van der Waals surface area contributed by atoms with Gasteiger partial charge in [-0.2, -0.15) is 0 Å². The van der Waals surface area contributed by atoms with Gasteiger partial charge < -0.3 is 8.91 Å². The summed E-state index contributed by atoms with van der Waals surface area (Å²) in [5.74, 6) is 0. The molecule has 0 aromatic rings. The molecule has 5 heteroatoms. The summed E-state index contributed by atoms with van der Waals surface area (Å²) in [4.78, 5) is 8.66. The van der Waals surface area contributed by atoms with E-state index in [0.717, 1.165) is 0 Å². The Kier molecular flexibility index (Phi) is 7.55. The predicted octanol–water partition coefficient (Wildman–Crippen LogP) is 2.63. The summed E-state index contributed by atoms with van der Waals surface area (Å²) >= 11 is 0. The molecule has 0 aliphatic heterocycles. The monoisotopic (exact) mass is 238 g/mol. The van der Waals surface area contributed by atoms with Crippen LogP contribution in [0.4, 0.5) is 0 Å². The molecule has 1 N–H and O–H groups in total. The Balaban J connectivity index is 0. The highest BCUT2D eigenvalue weighted by Gasteiger charge is 2.14. The second kappa shape index (κ2) is 6.13. The first-order valence-corrected chi connectivity index (χ1v) is 14.5. The number of hydrogen-bond acceptors (Lipinski definition) is 2. The molecule has 0 heterocycles. The molecular weight excluding hydrogens is 212 g/mol. The fourth-order valence-electron chi connectivity index (χ4n) is 0.707. The van der Waals surface area contributed by atoms with Gasteiger partial charge in [-0.05, 0) is 52.4 Å². The van der Waals surface area contributed by atoms with E-state index in [1.165, 1.54) is 0 Å². The second-order valence-electron chi connectivity index (χ2n) is 5.45. The van der Waals surface area contributed by atoms with E-state index in [1.54, 1.807) is 0 Å². The molecule has 0 aromatic heterocycles. The normalized spacial score (nSPS) is 12.5. The minimum atomic E-state index is -1.61. The van der Waals surface area contributed by atoms with Crippen molar-refractivity contribution in [2.75, 3.05) is 0 Å². The Labute approximate surface area is 87.3 Å². The molecule has 82 valence electrons. The number of hydrogen-bond donors (Lipinski definition) is 1. The van der Waals surface area contributed by atoms with Crippen molar-refractivity contribution >= 4 is 25.7 Å². The topological polar surface area (TPSA) is 29.5 Å². The molecule has 0 aliphatic carbocycles. The molecule has 0 saturated carbocycles. The van der Waals surface area contributed by atoms with Crippen LogP contribution in [-0.2, 0) is 4.12 Å². The summed E-state index contributed by atoms with van der Waals surface area (Å²) in [5.41, 5.74) is 0. The quantitative estimate of drug-likeness (QED) is 0.750. The first-order chi connectivity index (χ1) is 5.42. The second-order valence-corrected chi connectivity index (χ2v) is 17.1. The van der Waals surface area contributed by atoms with E-state index in [2.05, 4.69) is 32.7 Å². The van der Waals surface area contributed by atoms with Crippen molar-refractivity contribution in [3.8, 4) is 0 Å². The first kappa shape index (κ1) is 16.0. The van der Waals surface area contributed by atoms with E-state index in [9.17, 15) is 0 Å². The van der Waals surface area contributed by atoms with Crippen LogP contribution in [-0.4, -0.2) is 30.5 Å². The highest BCUT2D eigenvalue weighted by Crippen LogP contribution is 2.03. The highest BCUT2D eigenvalue weighted by atomic mass is 28.4. The molecule has 0 rings (SSSR count). The van der Waals surface area contributed by atoms with Gasteiger partial charge in [-0.1, -0.05) is 0 Å². The Bertz CT molecular complexity index is 118. The van der Waals surface area contributed by atoms with Gasteiger partial charge in [0.15, 0.2) is 25.7 Å². The molecule has 0 bridgehead atoms. The lowest BCUT2D eigenvalue weighted by molar-refractivity contribution is 0.560. The molecule has 0 aromatic carbocycles. The zero-order valence-corrected chi connectivity index (χ0v) is 13.6. The standard InChI is InChI=1S/C5H16OSi2.C3H10OSi/c1-7(2)6-8(3,4)5;1-5(2,3)4/h7H,1-5H3;4H,1-3H3. The van der Waals surface area contributed by atoms with Gasteiger partial charge in [0.25, 0.3) is 0 Å². The van der Waals surface area contributed by atoms with Gasteiger partial charge >= 0.3 is 0 Å². The van der Waals surface area contributed by atoms with Gasteiger partial charge in [0, 0.05) is 0 Å². The summed E-state index contributed by atoms with van der Waals surface area (Å²) in [6.07, 6.45) is 0. The van der Waals surface area contributed by atoms with E-state index in [-0.39, 0.29) is 0 Å². The van der Waals surface area contributed by atoms with Crippen LogP contribution in [0.2, 0.25) is 52.4 Å². The fraction of sp³-hybridized carbons (Fsp3) is 1.00. The summed E-state index contributed by atoms with van der Waals surface area (Å²) in [7, 11) is -3.50. The van der Waals surface area contributed by atoms with Crippen molar-refractivity contribution < 1.29 is 8.91 Å². The Hall–Kier alpha value is 0.571. The lowest BCUT2D eigenvalue weighted by atomic mass is 11.8. The maximum Gasteiger partial charge on any atom is 0.179 e. The molecule has 0 saturated heterocycles. The molecule has 0 amide bonds. The Morgan fingerprint density at radius 1 is 0.923 bits per heavy atom. The summed E-state index contributed by atoms with van der Waals surface area (Å²) in [6.45, 7) is 16.8. The van der Waals surface area contributed by atoms with E-state index in [1.807, 2.05) is 19.6 Å². The predicted molar refractivity (Wildman–Crippen MR) is 68.9 cm³/mol. The third-order valence-corrected chi connectivity index (χ3v) is 5.30. The maximum atomic E-state index is 8.66. The van der Waals surface area contributed by atoms with Crippen LogP contribution >= 0.6 is 0 Å². The zero-order valence-electron chi connectivity index (χ0n) is 10.4. The zero-order chi connectivity index (χ0) is 11.3. The summed E-state index contributed by atoms with van der Waals surface area (Å²) in [5, 5.41) is 0. The highest BCUT2D eigenvalue weighted by molar-refractivity contribution is 6.76. The van der Waals surface area contributed by atoms with Gasteiger partial charge in [-0.3, -0.25) is 0 Å². The molecular formula is C8H26O2Si3. The summed E-state index contributed by atoms with van der Waals surface area (Å²) in [6, 6.07) is 0. The lowest BCUT2D eigenvalue weighted by Gasteiger charge is -2.19. The Morgan fingerprint density at radius 2 is 1.15 bits per heavy atom. The molecule has 13 heavy (non-hydrogen) atoms. The van der Waals surface area contributed by atoms with Gasteiger partial charge in [0.05, 0.1) is 0 Å². The lowest BCUT2D eigenvalue weighted by Crippen LogP contribution is -2.31. The molecule has 0 fully saturated rings. The van der Waals surface area contributed by atoms with Crippen molar-refractivity contribution in [2.45, 2.75) is 52.4 Å². The van der Waals surface area contributed by atoms with Crippen LogP contribution in [0, 0.1) is 0 Å². The van der Waals surface area contributed by atoms with Crippen molar-refractivity contribution in [1.29, 1.82) is 0 Å². The van der Waals surface area contributed by atoms with E-state index >= 15 is 0 Å². The van der Waals surface area contributed by atoms with Gasteiger partial charge in [0.2, 0.25) is 0 Å². The van der Waals surface area contributed by atoms with Gasteiger partial charge in [-0.25, -0.2) is 0 Å². The molecule has 0 aliphatic rings. The van der Waals surface area contributed by atoms with Gasteiger partial charge in [-0.15, -0.1) is 0 Å². The average Bonchev–Trinajstić information content (AvgIpc) is 1.47. The molecule has 0 spiro atoms. The maximum absolute atomic E-state index is 8.66. The van der Waals surface area contributed by atoms with Crippen molar-refractivity contribution in [3.05, 3.63) is 0 Å². The smallest absolute Gasteiger partial charge is 0.179 e. The van der Waals surface area contributed by atoms with E-state index in [4.69, 9.17) is 8.91 Å². The molecule has 2 nitrogen and oxygen atoms in total. The first-order valence-electron chi connectivity index (χ1n) is 4.82. The van der Waals surface area contributed by atoms with Gasteiger partial charge in [0.1, 0.15) is 0 Å². The fourth-order valence-corrected chi connectivity index (χ4v) is 6.36. The van der Waals surface area contributed by atoms with Crippen LogP contribution in [0.3, 0.4) is 0 Å². The van der Waals surface area contributed by atoms with Crippen molar-refractivity contribution in [1.82, 2.24) is 0 Å². The number of rotatable bonds is 2. The minimum Gasteiger partial charge on any atom is -0.458 e. The summed E-state index contributed by atoms with van der Waals surface area (Å²) < 4.78 is 5.72. The van der Waals surface area contributed by atoms with E-state index < -0.39 is 25.7 Å². The van der Waals surface area contributed by atoms with Crippen LogP contribution in [0.15, 0.2) is 0 Å². The SMILES string of the molecule is C[SiH](C)O[Si](C)(C)C.C[Si](C)(C)O. The third kappa shape index (κ3) is 45.3. The third-order valence-electron chi connectivity index (χ3n) is 0.589. The molecule has 0 atom stereocenters. The van der Waals surface area contributed by atoms with Crippen LogP contribution in [0.1, 0.15) is 0 Å². The van der Waals surface area contributed by atoms with Crippen molar-refractivity contribution in [3.63, 3.8) is 0 Å². The molecule has 0 radical (unpaired) electrons. The largest absolute Gasteiger partial charge is 0.458 e. The van der Waals surface area contributed by atoms with Crippen LogP contribution < -0.4 is 0 Å². The minimum absolute atomic E-state index is 0.734. The van der Waals surface area contributed by atoms with Crippen molar-refractivity contribution in [2.24, 2.45) is 0 Å². The van der Waals surface area contributed by atoms with Crippen LogP contribution in [0.5, 0.6) is 0 Å². The van der Waals surface area contributed by atoms with E-state index in [0.29, 0.717) is 0 Å². The Morgan fingerprint density at radius 3 is 1.15 bits per heavy atom. The van der Waals surface area contributed by atoms with Crippen LogP contribution in [0.25, 0.3) is 0 Å². The average molecular weight is 239 g/mol. The molecule has 0 unspecified atom stereocenters.